The van der Waals surface area contributed by atoms with Crippen LogP contribution < -0.4 is 15.5 Å². The minimum Gasteiger partial charge on any atom is -0.368 e. The molecule has 1 aromatic carbocycles. The number of rotatable bonds is 5. The molecule has 2 amide bonds. The van der Waals surface area contributed by atoms with Crippen LogP contribution in [0.1, 0.15) is 40.4 Å². The zero-order valence-corrected chi connectivity index (χ0v) is 17.2. The van der Waals surface area contributed by atoms with Crippen molar-refractivity contribution in [3.63, 3.8) is 0 Å². The molecule has 2 N–H and O–H groups in total. The Balaban J connectivity index is 1.49. The summed E-state index contributed by atoms with van der Waals surface area (Å²) in [4.78, 5) is 15.7. The largest absolute Gasteiger partial charge is 0.368 e. The van der Waals surface area contributed by atoms with Crippen LogP contribution in [0.25, 0.3) is 0 Å². The Kier molecular flexibility index (Phi) is 6.30. The number of piperazine rings is 1. The van der Waals surface area contributed by atoms with Gasteiger partial charge < -0.3 is 15.5 Å². The number of carbonyl (C=O) groups excluding carboxylic acids is 1. The van der Waals surface area contributed by atoms with E-state index in [9.17, 15) is 4.79 Å². The summed E-state index contributed by atoms with van der Waals surface area (Å²) >= 11 is 6.47. The van der Waals surface area contributed by atoms with Crippen LogP contribution >= 0.6 is 11.6 Å². The monoisotopic (exact) mass is 394 g/mol. The summed E-state index contributed by atoms with van der Waals surface area (Å²) in [6.07, 6.45) is 4.34. The molecule has 0 radical (unpaired) electrons. The van der Waals surface area contributed by atoms with Gasteiger partial charge in [-0.25, -0.2) is 4.79 Å². The molecule has 6 heteroatoms. The van der Waals surface area contributed by atoms with E-state index >= 15 is 0 Å². The van der Waals surface area contributed by atoms with Gasteiger partial charge in [0.2, 0.25) is 0 Å². The van der Waals surface area contributed by atoms with Crippen molar-refractivity contribution in [2.45, 2.75) is 45.1 Å². The number of halogens is 1. The van der Waals surface area contributed by atoms with Crippen molar-refractivity contribution in [1.29, 1.82) is 0 Å². The minimum absolute atomic E-state index is 0.129. The maximum absolute atomic E-state index is 11.5. The second kappa shape index (κ2) is 9.65. The smallest absolute Gasteiger partial charge is 0.314 e. The highest BCUT2D eigenvalue weighted by Crippen LogP contribution is 2.30. The number of urea groups is 1. The van der Waals surface area contributed by atoms with E-state index in [0.717, 1.165) is 55.0 Å². The quantitative estimate of drug-likeness (QED) is 0.801. The van der Waals surface area contributed by atoms with Crippen LogP contribution in [0, 0.1) is 12.8 Å². The number of nitrogens with one attached hydrogen (secondary N) is 2. The SMILES string of the molecule is [2H]C([2H])(C[C@H]1CC[C@H](NC(=O)NC)CC1)N1CCN(c2cccc(C)c2Cl)CC1. The van der Waals surface area contributed by atoms with E-state index in [1.807, 2.05) is 30.0 Å². The first-order valence-corrected chi connectivity index (χ1v) is 10.4. The molecule has 1 aromatic rings. The Bertz CT molecular complexity index is 702. The molecule has 0 spiro atoms. The van der Waals surface area contributed by atoms with Crippen LogP contribution in [0.3, 0.4) is 0 Å². The Morgan fingerprint density at radius 1 is 1.22 bits per heavy atom. The highest BCUT2D eigenvalue weighted by molar-refractivity contribution is 6.34. The summed E-state index contributed by atoms with van der Waals surface area (Å²) in [5, 5.41) is 6.37. The molecular formula is C21H33ClN4O. The summed E-state index contributed by atoms with van der Waals surface area (Å²) in [5.41, 5.74) is 2.12. The van der Waals surface area contributed by atoms with E-state index in [1.165, 1.54) is 0 Å². The Labute approximate surface area is 171 Å². The highest BCUT2D eigenvalue weighted by Gasteiger charge is 2.24. The third kappa shape index (κ3) is 5.52. The molecule has 2 fully saturated rings. The number of carbonyl (C=O) groups is 1. The normalized spacial score (nSPS) is 25.5. The lowest BCUT2D eigenvalue weighted by Crippen LogP contribution is -2.47. The first-order chi connectivity index (χ1) is 13.8. The molecular weight excluding hydrogens is 360 g/mol. The molecule has 1 aliphatic heterocycles. The van der Waals surface area contributed by atoms with Gasteiger partial charge in [-0.15, -0.1) is 0 Å². The van der Waals surface area contributed by atoms with Crippen molar-refractivity contribution in [3.05, 3.63) is 28.8 Å². The molecule has 27 heavy (non-hydrogen) atoms. The average molecular weight is 395 g/mol. The Morgan fingerprint density at radius 2 is 1.93 bits per heavy atom. The first-order valence-electron chi connectivity index (χ1n) is 11.0. The molecule has 0 bridgehead atoms. The summed E-state index contributed by atoms with van der Waals surface area (Å²) in [5.74, 6) is 0.372. The van der Waals surface area contributed by atoms with Crippen molar-refractivity contribution < 1.29 is 7.54 Å². The molecule has 1 saturated carbocycles. The van der Waals surface area contributed by atoms with Crippen LogP contribution in [0.15, 0.2) is 18.2 Å². The van der Waals surface area contributed by atoms with Crippen molar-refractivity contribution in [3.8, 4) is 0 Å². The zero-order chi connectivity index (χ0) is 21.0. The summed E-state index contributed by atoms with van der Waals surface area (Å²) < 4.78 is 17.3. The number of anilines is 1. The van der Waals surface area contributed by atoms with Gasteiger partial charge >= 0.3 is 6.03 Å². The lowest BCUT2D eigenvalue weighted by atomic mass is 9.84. The molecule has 1 saturated heterocycles. The molecule has 1 heterocycles. The van der Waals surface area contributed by atoms with E-state index < -0.39 is 6.50 Å². The Hall–Kier alpha value is -1.46. The fraction of sp³-hybridized carbons (Fsp3) is 0.667. The van der Waals surface area contributed by atoms with Crippen LogP contribution in [-0.4, -0.2) is 56.7 Å². The van der Waals surface area contributed by atoms with E-state index in [0.29, 0.717) is 25.4 Å². The van der Waals surface area contributed by atoms with Crippen molar-refractivity contribution in [1.82, 2.24) is 15.5 Å². The first kappa shape index (κ1) is 17.6. The zero-order valence-electron chi connectivity index (χ0n) is 18.4. The standard InChI is InChI=1S/C21H33ClN4O/c1-16-4-3-5-19(20(16)22)26-14-12-25(13-15-26)11-10-17-6-8-18(9-7-17)24-21(27)23-2/h3-5,17-18H,6-15H2,1-2H3,(H2,23,24,27)/t17-,18-/i11D2. The molecule has 3 rings (SSSR count). The van der Waals surface area contributed by atoms with Crippen molar-refractivity contribution >= 4 is 23.3 Å². The van der Waals surface area contributed by atoms with Crippen LogP contribution in [0.5, 0.6) is 0 Å². The number of amides is 2. The molecule has 0 unspecified atom stereocenters. The van der Waals surface area contributed by atoms with Gasteiger partial charge in [0.1, 0.15) is 0 Å². The van der Waals surface area contributed by atoms with Gasteiger partial charge in [0.05, 0.1) is 10.7 Å². The predicted molar refractivity (Wildman–Crippen MR) is 113 cm³/mol. The molecule has 0 atom stereocenters. The molecule has 150 valence electrons. The Morgan fingerprint density at radius 3 is 2.59 bits per heavy atom. The number of aryl methyl sites for hydroxylation is 1. The predicted octanol–water partition coefficient (Wildman–Crippen LogP) is 3.65. The van der Waals surface area contributed by atoms with Gasteiger partial charge in [0.25, 0.3) is 0 Å². The fourth-order valence-corrected chi connectivity index (χ4v) is 4.25. The van der Waals surface area contributed by atoms with E-state index in [-0.39, 0.29) is 12.1 Å². The maximum atomic E-state index is 11.5. The van der Waals surface area contributed by atoms with E-state index in [1.54, 1.807) is 7.05 Å². The van der Waals surface area contributed by atoms with Gasteiger partial charge in [0, 0.05) is 42.0 Å². The van der Waals surface area contributed by atoms with Crippen LogP contribution in [-0.2, 0) is 0 Å². The molecule has 2 aliphatic rings. The number of hydrogen-bond acceptors (Lipinski definition) is 3. The summed E-state index contributed by atoms with van der Waals surface area (Å²) in [6.45, 7) is 3.68. The van der Waals surface area contributed by atoms with Gasteiger partial charge in [0.15, 0.2) is 0 Å². The van der Waals surface area contributed by atoms with Gasteiger partial charge in [-0.1, -0.05) is 23.7 Å². The summed E-state index contributed by atoms with van der Waals surface area (Å²) in [6, 6.07) is 6.16. The van der Waals surface area contributed by atoms with E-state index in [2.05, 4.69) is 15.5 Å². The highest BCUT2D eigenvalue weighted by atomic mass is 35.5. The maximum Gasteiger partial charge on any atom is 0.314 e. The van der Waals surface area contributed by atoms with Crippen molar-refractivity contribution in [2.75, 3.05) is 44.6 Å². The summed E-state index contributed by atoms with van der Waals surface area (Å²) in [7, 11) is 1.63. The third-order valence-corrected chi connectivity index (χ3v) is 6.30. The lowest BCUT2D eigenvalue weighted by Gasteiger charge is -2.37. The van der Waals surface area contributed by atoms with Gasteiger partial charge in [-0.05, 0) is 63.1 Å². The number of nitrogens with zero attached hydrogens (tertiary/aromatic N) is 2. The average Bonchev–Trinajstić information content (AvgIpc) is 2.71. The lowest BCUT2D eigenvalue weighted by molar-refractivity contribution is 0.206. The van der Waals surface area contributed by atoms with Gasteiger partial charge in [-0.3, -0.25) is 4.90 Å². The molecule has 5 nitrogen and oxygen atoms in total. The second-order valence-corrected chi connectivity index (χ2v) is 8.06. The minimum atomic E-state index is -1.30. The van der Waals surface area contributed by atoms with E-state index in [4.69, 9.17) is 14.3 Å². The molecule has 1 aliphatic carbocycles. The van der Waals surface area contributed by atoms with Crippen LogP contribution in [0.2, 0.25) is 5.02 Å². The molecule has 0 aromatic heterocycles. The van der Waals surface area contributed by atoms with Crippen LogP contribution in [0.4, 0.5) is 10.5 Å². The van der Waals surface area contributed by atoms with Crippen molar-refractivity contribution in [2.24, 2.45) is 5.92 Å². The second-order valence-electron chi connectivity index (χ2n) is 7.69. The third-order valence-electron chi connectivity index (χ3n) is 5.80. The number of benzene rings is 1. The van der Waals surface area contributed by atoms with Gasteiger partial charge in [-0.2, -0.15) is 0 Å². The topological polar surface area (TPSA) is 47.6 Å². The number of hydrogen-bond donors (Lipinski definition) is 2. The fourth-order valence-electron chi connectivity index (χ4n) is 4.01.